The summed E-state index contributed by atoms with van der Waals surface area (Å²) in [6.45, 7) is 5.75. The molecule has 1 aromatic carbocycles. The van der Waals surface area contributed by atoms with Crippen LogP contribution in [-0.4, -0.2) is 20.3 Å². The zero-order valence-electron chi connectivity index (χ0n) is 14.8. The fourth-order valence-corrected chi connectivity index (χ4v) is 2.78. The van der Waals surface area contributed by atoms with Crippen molar-refractivity contribution in [1.82, 2.24) is 14.4 Å². The van der Waals surface area contributed by atoms with Gasteiger partial charge in [0.15, 0.2) is 0 Å². The fraction of sp³-hybridized carbons (Fsp3) is 0.150. The largest absolute Gasteiger partial charge is 0.441 e. The van der Waals surface area contributed by atoms with Gasteiger partial charge in [-0.15, -0.1) is 0 Å². The normalized spacial score (nSPS) is 11.0. The van der Waals surface area contributed by atoms with Crippen molar-refractivity contribution in [2.75, 3.05) is 5.32 Å². The topological polar surface area (TPSA) is 72.4 Å². The second-order valence-electron chi connectivity index (χ2n) is 6.22. The van der Waals surface area contributed by atoms with E-state index in [0.717, 1.165) is 28.4 Å². The molecule has 0 fully saturated rings. The molecule has 130 valence electrons. The Balaban J connectivity index is 1.61. The van der Waals surface area contributed by atoms with E-state index in [2.05, 4.69) is 15.3 Å². The molecule has 1 amide bonds. The maximum Gasteiger partial charge on any atom is 0.275 e. The molecular formula is C20H18N4O2. The molecule has 0 aliphatic heterocycles. The highest BCUT2D eigenvalue weighted by Gasteiger charge is 2.13. The quantitative estimate of drug-likeness (QED) is 0.604. The number of imidazole rings is 1. The highest BCUT2D eigenvalue weighted by Crippen LogP contribution is 2.24. The van der Waals surface area contributed by atoms with E-state index in [-0.39, 0.29) is 5.91 Å². The summed E-state index contributed by atoms with van der Waals surface area (Å²) in [5.74, 6) is 1.07. The first-order chi connectivity index (χ1) is 12.5. The molecule has 0 bridgehead atoms. The predicted octanol–water partition coefficient (Wildman–Crippen LogP) is 4.17. The van der Waals surface area contributed by atoms with Gasteiger partial charge in [0.25, 0.3) is 5.91 Å². The van der Waals surface area contributed by atoms with Crippen LogP contribution in [0.1, 0.15) is 27.6 Å². The van der Waals surface area contributed by atoms with Gasteiger partial charge in [-0.3, -0.25) is 4.79 Å². The molecule has 0 saturated heterocycles. The van der Waals surface area contributed by atoms with E-state index in [0.29, 0.717) is 17.3 Å². The number of nitrogens with one attached hydrogen (secondary N) is 1. The number of benzene rings is 1. The number of hydrogen-bond acceptors (Lipinski definition) is 4. The number of carbonyl (C=O) groups is 1. The minimum absolute atomic E-state index is 0.259. The summed E-state index contributed by atoms with van der Waals surface area (Å²) in [4.78, 5) is 21.4. The Morgan fingerprint density at radius 1 is 1.08 bits per heavy atom. The number of carbonyl (C=O) groups excluding carboxylic acids is 1. The molecule has 0 unspecified atom stereocenters. The van der Waals surface area contributed by atoms with Gasteiger partial charge in [-0.2, -0.15) is 0 Å². The lowest BCUT2D eigenvalue weighted by atomic mass is 10.2. The Morgan fingerprint density at radius 2 is 1.88 bits per heavy atom. The lowest BCUT2D eigenvalue weighted by Gasteiger charge is -2.04. The second-order valence-corrected chi connectivity index (χ2v) is 6.22. The van der Waals surface area contributed by atoms with Crippen molar-refractivity contribution in [2.24, 2.45) is 0 Å². The van der Waals surface area contributed by atoms with Gasteiger partial charge >= 0.3 is 0 Å². The van der Waals surface area contributed by atoms with E-state index in [1.807, 2.05) is 67.6 Å². The number of amides is 1. The third-order valence-corrected chi connectivity index (χ3v) is 4.32. The SMILES string of the molecule is Cc1nc(-c2cccc(NC(=O)c3cn4c(C)cccc4n3)c2)oc1C. The monoisotopic (exact) mass is 346 g/mol. The number of rotatable bonds is 3. The highest BCUT2D eigenvalue weighted by atomic mass is 16.4. The van der Waals surface area contributed by atoms with Gasteiger partial charge in [0, 0.05) is 23.1 Å². The molecule has 26 heavy (non-hydrogen) atoms. The van der Waals surface area contributed by atoms with Crippen LogP contribution in [-0.2, 0) is 0 Å². The summed E-state index contributed by atoms with van der Waals surface area (Å²) in [6.07, 6.45) is 1.74. The maximum atomic E-state index is 12.6. The van der Waals surface area contributed by atoms with Crippen LogP contribution >= 0.6 is 0 Å². The molecule has 4 rings (SSSR count). The fourth-order valence-electron chi connectivity index (χ4n) is 2.78. The smallest absolute Gasteiger partial charge is 0.275 e. The Labute approximate surface area is 150 Å². The minimum Gasteiger partial charge on any atom is -0.441 e. The first-order valence-corrected chi connectivity index (χ1v) is 8.32. The molecule has 3 aromatic heterocycles. The molecule has 0 atom stereocenters. The lowest BCUT2D eigenvalue weighted by Crippen LogP contribution is -2.12. The number of pyridine rings is 1. The van der Waals surface area contributed by atoms with E-state index in [1.54, 1.807) is 6.20 Å². The third kappa shape index (κ3) is 2.86. The van der Waals surface area contributed by atoms with Crippen LogP contribution in [0, 0.1) is 20.8 Å². The number of nitrogens with zero attached hydrogens (tertiary/aromatic N) is 3. The molecule has 0 radical (unpaired) electrons. The van der Waals surface area contributed by atoms with Gasteiger partial charge < -0.3 is 14.1 Å². The van der Waals surface area contributed by atoms with Crippen molar-refractivity contribution in [2.45, 2.75) is 20.8 Å². The van der Waals surface area contributed by atoms with Crippen molar-refractivity contribution in [3.8, 4) is 11.5 Å². The summed E-state index contributed by atoms with van der Waals surface area (Å²) in [5.41, 5.74) is 4.46. The molecule has 0 aliphatic carbocycles. The van der Waals surface area contributed by atoms with Gasteiger partial charge in [0.05, 0.1) is 5.69 Å². The number of anilines is 1. The van der Waals surface area contributed by atoms with Gasteiger partial charge in [0.2, 0.25) is 5.89 Å². The summed E-state index contributed by atoms with van der Waals surface area (Å²) >= 11 is 0. The average molecular weight is 346 g/mol. The predicted molar refractivity (Wildman–Crippen MR) is 99.3 cm³/mol. The first-order valence-electron chi connectivity index (χ1n) is 8.32. The van der Waals surface area contributed by atoms with E-state index in [9.17, 15) is 4.79 Å². The van der Waals surface area contributed by atoms with Crippen LogP contribution in [0.4, 0.5) is 5.69 Å². The summed E-state index contributed by atoms with van der Waals surface area (Å²) < 4.78 is 7.55. The van der Waals surface area contributed by atoms with Crippen molar-refractivity contribution < 1.29 is 9.21 Å². The molecule has 3 heterocycles. The van der Waals surface area contributed by atoms with E-state index in [4.69, 9.17) is 4.42 Å². The molecule has 0 saturated carbocycles. The molecular weight excluding hydrogens is 328 g/mol. The van der Waals surface area contributed by atoms with Crippen molar-refractivity contribution in [3.05, 3.63) is 71.5 Å². The van der Waals surface area contributed by atoms with Gasteiger partial charge in [-0.1, -0.05) is 12.1 Å². The molecule has 6 nitrogen and oxygen atoms in total. The van der Waals surface area contributed by atoms with E-state index in [1.165, 1.54) is 0 Å². The van der Waals surface area contributed by atoms with Gasteiger partial charge in [0.1, 0.15) is 17.1 Å². The Kier molecular flexibility index (Phi) is 3.80. The van der Waals surface area contributed by atoms with Crippen LogP contribution < -0.4 is 5.32 Å². The summed E-state index contributed by atoms with van der Waals surface area (Å²) in [6, 6.07) is 13.2. The molecule has 0 spiro atoms. The van der Waals surface area contributed by atoms with Crippen molar-refractivity contribution >= 4 is 17.2 Å². The van der Waals surface area contributed by atoms with Gasteiger partial charge in [-0.25, -0.2) is 9.97 Å². The van der Waals surface area contributed by atoms with Crippen LogP contribution in [0.3, 0.4) is 0 Å². The number of aromatic nitrogens is 3. The van der Waals surface area contributed by atoms with Gasteiger partial charge in [-0.05, 0) is 51.1 Å². The molecule has 6 heteroatoms. The third-order valence-electron chi connectivity index (χ3n) is 4.32. The maximum absolute atomic E-state index is 12.6. The van der Waals surface area contributed by atoms with Crippen LogP contribution in [0.5, 0.6) is 0 Å². The summed E-state index contributed by atoms with van der Waals surface area (Å²) in [7, 11) is 0. The summed E-state index contributed by atoms with van der Waals surface area (Å²) in [5, 5.41) is 2.89. The zero-order valence-corrected chi connectivity index (χ0v) is 14.8. The Hall–Kier alpha value is -3.41. The number of aryl methyl sites for hydroxylation is 3. The Bertz CT molecular complexity index is 1100. The number of oxazole rings is 1. The molecule has 0 aliphatic rings. The minimum atomic E-state index is -0.259. The van der Waals surface area contributed by atoms with Crippen LogP contribution in [0.2, 0.25) is 0 Å². The van der Waals surface area contributed by atoms with Crippen LogP contribution in [0.15, 0.2) is 53.1 Å². The Morgan fingerprint density at radius 3 is 2.62 bits per heavy atom. The van der Waals surface area contributed by atoms with Crippen molar-refractivity contribution in [1.29, 1.82) is 0 Å². The van der Waals surface area contributed by atoms with E-state index >= 15 is 0 Å². The molecule has 4 aromatic rings. The van der Waals surface area contributed by atoms with Crippen LogP contribution in [0.25, 0.3) is 17.1 Å². The number of fused-ring (bicyclic) bond motifs is 1. The number of hydrogen-bond donors (Lipinski definition) is 1. The first kappa shape index (κ1) is 16.1. The molecule has 1 N–H and O–H groups in total. The average Bonchev–Trinajstić information content (AvgIpc) is 3.20. The highest BCUT2D eigenvalue weighted by molar-refractivity contribution is 6.03. The van der Waals surface area contributed by atoms with E-state index < -0.39 is 0 Å². The lowest BCUT2D eigenvalue weighted by molar-refractivity contribution is 0.102. The standard InChI is InChI=1S/C20H18N4O2/c1-12-6-4-9-18-23-17(11-24(12)18)19(25)22-16-8-5-7-15(10-16)20-21-13(2)14(3)26-20/h4-11H,1-3H3,(H,22,25). The van der Waals surface area contributed by atoms with Crippen molar-refractivity contribution in [3.63, 3.8) is 0 Å². The second kappa shape index (κ2) is 6.15. The zero-order chi connectivity index (χ0) is 18.3.